The zero-order valence-electron chi connectivity index (χ0n) is 10.7. The van der Waals surface area contributed by atoms with Gasteiger partial charge in [0, 0.05) is 12.0 Å². The second kappa shape index (κ2) is 7.93. The standard InChI is InChI=1S/C17H16O/c1-15(2)11-7-4-3-5-10-14-17(18)16-12-8-6-9-13-16/h3,5-6,8-9,12-13,15H,11H2,1-2H3/b5-3-. The van der Waals surface area contributed by atoms with Crippen molar-refractivity contribution >= 4 is 5.78 Å². The van der Waals surface area contributed by atoms with Crippen molar-refractivity contribution in [2.24, 2.45) is 5.92 Å². The third-order valence-corrected chi connectivity index (χ3v) is 2.08. The normalized spacial score (nSPS) is 9.50. The summed E-state index contributed by atoms with van der Waals surface area (Å²) in [6.07, 6.45) is 4.16. The molecule has 0 aliphatic rings. The zero-order valence-corrected chi connectivity index (χ0v) is 10.7. The Bertz CT molecular complexity index is 528. The van der Waals surface area contributed by atoms with Gasteiger partial charge in [0.05, 0.1) is 0 Å². The quantitative estimate of drug-likeness (QED) is 0.436. The number of hydrogen-bond donors (Lipinski definition) is 0. The van der Waals surface area contributed by atoms with Crippen molar-refractivity contribution in [1.29, 1.82) is 0 Å². The Morgan fingerprint density at radius 2 is 1.83 bits per heavy atom. The fourth-order valence-electron chi connectivity index (χ4n) is 1.17. The Morgan fingerprint density at radius 3 is 2.50 bits per heavy atom. The highest BCUT2D eigenvalue weighted by Crippen LogP contribution is 1.98. The van der Waals surface area contributed by atoms with Crippen LogP contribution in [0.15, 0.2) is 42.5 Å². The van der Waals surface area contributed by atoms with Crippen LogP contribution in [-0.4, -0.2) is 5.78 Å². The molecular weight excluding hydrogens is 220 g/mol. The Kier molecular flexibility index (Phi) is 6.09. The molecule has 1 aromatic carbocycles. The van der Waals surface area contributed by atoms with E-state index < -0.39 is 0 Å². The largest absolute Gasteiger partial charge is 0.279 e. The maximum absolute atomic E-state index is 11.6. The number of carbonyl (C=O) groups excluding carboxylic acids is 1. The van der Waals surface area contributed by atoms with Gasteiger partial charge in [-0.1, -0.05) is 61.9 Å². The Morgan fingerprint density at radius 1 is 1.17 bits per heavy atom. The average molecular weight is 236 g/mol. The van der Waals surface area contributed by atoms with Gasteiger partial charge in [0.25, 0.3) is 0 Å². The van der Waals surface area contributed by atoms with Gasteiger partial charge >= 0.3 is 0 Å². The molecule has 0 aromatic heterocycles. The summed E-state index contributed by atoms with van der Waals surface area (Å²) in [5, 5.41) is 0. The van der Waals surface area contributed by atoms with Crippen LogP contribution in [0.5, 0.6) is 0 Å². The van der Waals surface area contributed by atoms with Crippen LogP contribution >= 0.6 is 0 Å². The third kappa shape index (κ3) is 5.73. The minimum absolute atomic E-state index is 0.171. The first-order valence-corrected chi connectivity index (χ1v) is 5.94. The average Bonchev–Trinajstić information content (AvgIpc) is 2.38. The summed E-state index contributed by atoms with van der Waals surface area (Å²) in [7, 11) is 0. The topological polar surface area (TPSA) is 17.1 Å². The van der Waals surface area contributed by atoms with Gasteiger partial charge in [-0.2, -0.15) is 0 Å². The van der Waals surface area contributed by atoms with E-state index in [0.29, 0.717) is 11.5 Å². The molecule has 0 unspecified atom stereocenters. The summed E-state index contributed by atoms with van der Waals surface area (Å²) in [5.74, 6) is 11.6. The van der Waals surface area contributed by atoms with E-state index in [1.165, 1.54) is 0 Å². The minimum atomic E-state index is -0.171. The second-order valence-corrected chi connectivity index (χ2v) is 4.22. The van der Waals surface area contributed by atoms with E-state index in [9.17, 15) is 4.79 Å². The van der Waals surface area contributed by atoms with E-state index in [1.54, 1.807) is 24.3 Å². The Balaban J connectivity index is 2.49. The molecule has 0 saturated heterocycles. The Hall–Kier alpha value is -2.25. The van der Waals surface area contributed by atoms with Crippen LogP contribution in [0.2, 0.25) is 0 Å². The van der Waals surface area contributed by atoms with Gasteiger partial charge in [-0.05, 0) is 24.0 Å². The van der Waals surface area contributed by atoms with Gasteiger partial charge in [-0.3, -0.25) is 4.79 Å². The van der Waals surface area contributed by atoms with Crippen LogP contribution in [0.25, 0.3) is 0 Å². The molecule has 18 heavy (non-hydrogen) atoms. The fourth-order valence-corrected chi connectivity index (χ4v) is 1.17. The molecule has 0 heterocycles. The predicted molar refractivity (Wildman–Crippen MR) is 74.9 cm³/mol. The van der Waals surface area contributed by atoms with E-state index in [4.69, 9.17) is 0 Å². The molecule has 0 radical (unpaired) electrons. The lowest BCUT2D eigenvalue weighted by atomic mass is 10.1. The van der Waals surface area contributed by atoms with Crippen molar-refractivity contribution in [3.63, 3.8) is 0 Å². The summed E-state index contributed by atoms with van der Waals surface area (Å²) in [5.41, 5.74) is 0.615. The molecule has 0 N–H and O–H groups in total. The molecule has 1 nitrogen and oxygen atoms in total. The lowest BCUT2D eigenvalue weighted by Gasteiger charge is -1.91. The van der Waals surface area contributed by atoms with Crippen LogP contribution in [0.4, 0.5) is 0 Å². The summed E-state index contributed by atoms with van der Waals surface area (Å²) in [4.78, 5) is 11.6. The van der Waals surface area contributed by atoms with Crippen molar-refractivity contribution in [1.82, 2.24) is 0 Å². The van der Waals surface area contributed by atoms with E-state index >= 15 is 0 Å². The van der Waals surface area contributed by atoms with Crippen LogP contribution in [0.1, 0.15) is 30.6 Å². The maximum Gasteiger partial charge on any atom is 0.236 e. The van der Waals surface area contributed by atoms with Gasteiger partial charge in [0.1, 0.15) is 0 Å². The van der Waals surface area contributed by atoms with Gasteiger partial charge in [0.2, 0.25) is 5.78 Å². The molecule has 0 saturated carbocycles. The molecular formula is C17H16O. The Labute approximate surface area is 109 Å². The molecule has 1 aromatic rings. The van der Waals surface area contributed by atoms with Crippen molar-refractivity contribution in [2.45, 2.75) is 20.3 Å². The SMILES string of the molecule is CC(C)CC#C/C=C\C#CC(=O)c1ccccc1. The molecule has 0 spiro atoms. The highest BCUT2D eigenvalue weighted by atomic mass is 16.1. The van der Waals surface area contributed by atoms with Crippen LogP contribution in [-0.2, 0) is 0 Å². The van der Waals surface area contributed by atoms with E-state index in [1.807, 2.05) is 18.2 Å². The number of benzene rings is 1. The summed E-state index contributed by atoms with van der Waals surface area (Å²) >= 11 is 0. The van der Waals surface area contributed by atoms with Gasteiger partial charge in [-0.25, -0.2) is 0 Å². The number of allylic oxidation sites excluding steroid dienone is 2. The lowest BCUT2D eigenvalue weighted by Crippen LogP contribution is -1.92. The number of rotatable bonds is 2. The van der Waals surface area contributed by atoms with Crippen LogP contribution < -0.4 is 0 Å². The van der Waals surface area contributed by atoms with Crippen molar-refractivity contribution < 1.29 is 4.79 Å². The minimum Gasteiger partial charge on any atom is -0.279 e. The van der Waals surface area contributed by atoms with Crippen molar-refractivity contribution in [3.05, 3.63) is 48.0 Å². The lowest BCUT2D eigenvalue weighted by molar-refractivity contribution is 0.105. The second-order valence-electron chi connectivity index (χ2n) is 4.22. The third-order valence-electron chi connectivity index (χ3n) is 2.08. The molecule has 0 aliphatic carbocycles. The van der Waals surface area contributed by atoms with Crippen molar-refractivity contribution in [2.75, 3.05) is 0 Å². The smallest absolute Gasteiger partial charge is 0.236 e. The first-order chi connectivity index (χ1) is 8.70. The number of carbonyl (C=O) groups is 1. The molecule has 90 valence electrons. The fraction of sp³-hybridized carbons (Fsp3) is 0.235. The highest BCUT2D eigenvalue weighted by Gasteiger charge is 1.97. The first kappa shape index (κ1) is 13.8. The van der Waals surface area contributed by atoms with E-state index in [-0.39, 0.29) is 5.78 Å². The maximum atomic E-state index is 11.6. The number of Topliss-reactive ketones (excluding diaryl/α,β-unsaturated/α-hetero) is 1. The van der Waals surface area contributed by atoms with Crippen LogP contribution in [0.3, 0.4) is 0 Å². The molecule has 0 fully saturated rings. The molecule has 0 bridgehead atoms. The predicted octanol–water partition coefficient (Wildman–Crippen LogP) is 3.48. The molecule has 0 atom stereocenters. The highest BCUT2D eigenvalue weighted by molar-refractivity contribution is 6.09. The van der Waals surface area contributed by atoms with Gasteiger partial charge in [0.15, 0.2) is 0 Å². The van der Waals surface area contributed by atoms with Gasteiger partial charge < -0.3 is 0 Å². The molecule has 1 heteroatoms. The summed E-state index contributed by atoms with van der Waals surface area (Å²) in [6, 6.07) is 9.02. The van der Waals surface area contributed by atoms with E-state index in [0.717, 1.165) is 6.42 Å². The van der Waals surface area contributed by atoms with Crippen molar-refractivity contribution in [3.8, 4) is 23.7 Å². The monoisotopic (exact) mass is 236 g/mol. The number of ketones is 1. The first-order valence-electron chi connectivity index (χ1n) is 5.94. The summed E-state index contributed by atoms with van der Waals surface area (Å²) < 4.78 is 0. The van der Waals surface area contributed by atoms with Crippen LogP contribution in [0, 0.1) is 29.6 Å². The molecule has 0 amide bonds. The van der Waals surface area contributed by atoms with E-state index in [2.05, 4.69) is 37.5 Å². The van der Waals surface area contributed by atoms with Gasteiger partial charge in [-0.15, -0.1) is 0 Å². The zero-order chi connectivity index (χ0) is 13.2. The molecule has 0 aliphatic heterocycles. The number of hydrogen-bond acceptors (Lipinski definition) is 1. The molecule has 1 rings (SSSR count). The summed E-state index contributed by atoms with van der Waals surface area (Å²) in [6.45, 7) is 4.24.